The quantitative estimate of drug-likeness (QED) is 0.867. The van der Waals surface area contributed by atoms with Gasteiger partial charge in [0.1, 0.15) is 0 Å². The average molecular weight is 303 g/mol. The van der Waals surface area contributed by atoms with Crippen molar-refractivity contribution in [1.29, 1.82) is 0 Å². The molecule has 22 heavy (non-hydrogen) atoms. The second-order valence-electron chi connectivity index (χ2n) is 6.75. The van der Waals surface area contributed by atoms with Crippen LogP contribution in [0.5, 0.6) is 0 Å². The van der Waals surface area contributed by atoms with Crippen LogP contribution in [0.15, 0.2) is 24.3 Å². The van der Waals surface area contributed by atoms with E-state index in [0.717, 1.165) is 5.69 Å². The molecule has 1 aromatic rings. The molecule has 0 aliphatic carbocycles. The molecule has 1 aromatic carbocycles. The minimum absolute atomic E-state index is 0.0674. The van der Waals surface area contributed by atoms with Gasteiger partial charge in [-0.05, 0) is 23.1 Å². The average Bonchev–Trinajstić information content (AvgIpc) is 2.47. The van der Waals surface area contributed by atoms with Gasteiger partial charge >= 0.3 is 6.03 Å². The second-order valence-corrected chi connectivity index (χ2v) is 6.75. The number of amides is 3. The Kier molecular flexibility index (Phi) is 4.74. The fraction of sp³-hybridized carbons (Fsp3) is 0.529. The molecular formula is C17H25N3O2. The largest absolute Gasteiger partial charge is 0.339 e. The van der Waals surface area contributed by atoms with Gasteiger partial charge in [-0.15, -0.1) is 0 Å². The molecule has 2 rings (SSSR count). The van der Waals surface area contributed by atoms with E-state index >= 15 is 0 Å². The lowest BCUT2D eigenvalue weighted by atomic mass is 9.87. The van der Waals surface area contributed by atoms with Crippen molar-refractivity contribution in [2.24, 2.45) is 0 Å². The molecule has 1 heterocycles. The first-order chi connectivity index (χ1) is 10.3. The first kappa shape index (κ1) is 16.3. The highest BCUT2D eigenvalue weighted by Gasteiger charge is 2.22. The van der Waals surface area contributed by atoms with Crippen molar-refractivity contribution in [1.82, 2.24) is 9.80 Å². The van der Waals surface area contributed by atoms with Crippen LogP contribution in [-0.2, 0) is 10.2 Å². The second kappa shape index (κ2) is 6.38. The minimum Gasteiger partial charge on any atom is -0.339 e. The topological polar surface area (TPSA) is 52.7 Å². The lowest BCUT2D eigenvalue weighted by Crippen LogP contribution is -2.51. The number of benzene rings is 1. The van der Waals surface area contributed by atoms with E-state index < -0.39 is 0 Å². The number of hydrogen-bond donors (Lipinski definition) is 1. The highest BCUT2D eigenvalue weighted by atomic mass is 16.2. The van der Waals surface area contributed by atoms with Gasteiger partial charge in [-0.25, -0.2) is 4.79 Å². The van der Waals surface area contributed by atoms with Crippen LogP contribution in [0.4, 0.5) is 10.5 Å². The number of carbonyl (C=O) groups excluding carboxylic acids is 2. The zero-order valence-electron chi connectivity index (χ0n) is 13.8. The zero-order chi connectivity index (χ0) is 16.3. The van der Waals surface area contributed by atoms with E-state index in [1.807, 2.05) is 24.3 Å². The van der Waals surface area contributed by atoms with Crippen molar-refractivity contribution >= 4 is 17.6 Å². The maximum Gasteiger partial charge on any atom is 0.321 e. The maximum absolute atomic E-state index is 12.2. The van der Waals surface area contributed by atoms with E-state index in [0.29, 0.717) is 26.2 Å². The summed E-state index contributed by atoms with van der Waals surface area (Å²) < 4.78 is 0. The van der Waals surface area contributed by atoms with Crippen molar-refractivity contribution in [3.8, 4) is 0 Å². The fourth-order valence-electron chi connectivity index (χ4n) is 2.48. The van der Waals surface area contributed by atoms with Gasteiger partial charge in [-0.1, -0.05) is 32.9 Å². The highest BCUT2D eigenvalue weighted by Crippen LogP contribution is 2.23. The summed E-state index contributed by atoms with van der Waals surface area (Å²) in [5, 5.41) is 2.92. The number of nitrogens with zero attached hydrogens (tertiary/aromatic N) is 2. The molecule has 5 heteroatoms. The maximum atomic E-state index is 12.2. The summed E-state index contributed by atoms with van der Waals surface area (Å²) in [5.74, 6) is 0.0674. The third-order valence-electron chi connectivity index (χ3n) is 4.01. The molecule has 1 aliphatic heterocycles. The van der Waals surface area contributed by atoms with E-state index in [-0.39, 0.29) is 17.4 Å². The van der Waals surface area contributed by atoms with Crippen molar-refractivity contribution in [3.05, 3.63) is 29.8 Å². The smallest absolute Gasteiger partial charge is 0.321 e. The van der Waals surface area contributed by atoms with Crippen molar-refractivity contribution in [2.75, 3.05) is 31.5 Å². The molecule has 0 atom stereocenters. The first-order valence-corrected chi connectivity index (χ1v) is 7.69. The summed E-state index contributed by atoms with van der Waals surface area (Å²) in [4.78, 5) is 27.0. The number of nitrogens with one attached hydrogen (secondary N) is 1. The predicted octanol–water partition coefficient (Wildman–Crippen LogP) is 2.68. The Hall–Kier alpha value is -2.04. The number of hydrogen-bond acceptors (Lipinski definition) is 2. The number of rotatable bonds is 1. The molecule has 0 unspecified atom stereocenters. The summed E-state index contributed by atoms with van der Waals surface area (Å²) in [5.41, 5.74) is 2.14. The Morgan fingerprint density at radius 3 is 1.91 bits per heavy atom. The van der Waals surface area contributed by atoms with Gasteiger partial charge in [0.15, 0.2) is 0 Å². The number of urea groups is 1. The summed E-state index contributed by atoms with van der Waals surface area (Å²) in [6.45, 7) is 10.4. The molecule has 0 aromatic heterocycles. The Labute approximate surface area is 132 Å². The van der Waals surface area contributed by atoms with Gasteiger partial charge in [0.2, 0.25) is 5.91 Å². The summed E-state index contributed by atoms with van der Waals surface area (Å²) in [6.07, 6.45) is 0. The predicted molar refractivity (Wildman–Crippen MR) is 88.0 cm³/mol. The van der Waals surface area contributed by atoms with Gasteiger partial charge in [-0.2, -0.15) is 0 Å². The SMILES string of the molecule is CC(=O)N1CCN(C(=O)Nc2ccc(C(C)(C)C)cc2)CC1. The van der Waals surface area contributed by atoms with E-state index in [1.165, 1.54) is 5.56 Å². The number of piperazine rings is 1. The van der Waals surface area contributed by atoms with Crippen LogP contribution in [0, 0.1) is 0 Å². The normalized spacial score (nSPS) is 15.6. The van der Waals surface area contributed by atoms with Crippen LogP contribution in [0.25, 0.3) is 0 Å². The fourth-order valence-corrected chi connectivity index (χ4v) is 2.48. The first-order valence-electron chi connectivity index (χ1n) is 7.69. The standard InChI is InChI=1S/C17H25N3O2/c1-13(21)19-9-11-20(12-10-19)16(22)18-15-7-5-14(6-8-15)17(2,3)4/h5-8H,9-12H2,1-4H3,(H,18,22). The van der Waals surface area contributed by atoms with E-state index in [1.54, 1.807) is 16.7 Å². The van der Waals surface area contributed by atoms with Crippen molar-refractivity contribution in [3.63, 3.8) is 0 Å². The molecule has 0 saturated carbocycles. The lowest BCUT2D eigenvalue weighted by molar-refractivity contribution is -0.130. The molecule has 120 valence electrons. The Balaban J connectivity index is 1.91. The third kappa shape index (κ3) is 4.00. The van der Waals surface area contributed by atoms with Crippen LogP contribution in [0.2, 0.25) is 0 Å². The van der Waals surface area contributed by atoms with Crippen molar-refractivity contribution < 1.29 is 9.59 Å². The van der Waals surface area contributed by atoms with Crippen LogP contribution in [-0.4, -0.2) is 47.9 Å². The minimum atomic E-state index is -0.105. The number of carbonyl (C=O) groups is 2. The van der Waals surface area contributed by atoms with Crippen LogP contribution in [0.1, 0.15) is 33.3 Å². The molecular weight excluding hydrogens is 278 g/mol. The number of anilines is 1. The Morgan fingerprint density at radius 2 is 1.45 bits per heavy atom. The van der Waals surface area contributed by atoms with Gasteiger partial charge in [0.05, 0.1) is 0 Å². The van der Waals surface area contributed by atoms with Crippen LogP contribution in [0.3, 0.4) is 0 Å². The summed E-state index contributed by atoms with van der Waals surface area (Å²) >= 11 is 0. The summed E-state index contributed by atoms with van der Waals surface area (Å²) in [7, 11) is 0. The van der Waals surface area contributed by atoms with Crippen LogP contribution < -0.4 is 5.32 Å². The molecule has 3 amide bonds. The van der Waals surface area contributed by atoms with E-state index in [2.05, 4.69) is 26.1 Å². The summed E-state index contributed by atoms with van der Waals surface area (Å²) in [6, 6.07) is 7.85. The molecule has 1 fully saturated rings. The van der Waals surface area contributed by atoms with E-state index in [4.69, 9.17) is 0 Å². The monoisotopic (exact) mass is 303 g/mol. The highest BCUT2D eigenvalue weighted by molar-refractivity contribution is 5.89. The Morgan fingerprint density at radius 1 is 0.955 bits per heavy atom. The molecule has 1 aliphatic rings. The van der Waals surface area contributed by atoms with Crippen molar-refractivity contribution in [2.45, 2.75) is 33.1 Å². The molecule has 0 radical (unpaired) electrons. The lowest BCUT2D eigenvalue weighted by Gasteiger charge is -2.34. The Bertz CT molecular complexity index is 538. The zero-order valence-corrected chi connectivity index (χ0v) is 13.8. The molecule has 5 nitrogen and oxygen atoms in total. The third-order valence-corrected chi connectivity index (χ3v) is 4.01. The molecule has 1 saturated heterocycles. The van der Waals surface area contributed by atoms with E-state index in [9.17, 15) is 9.59 Å². The van der Waals surface area contributed by atoms with Gasteiger partial charge in [-0.3, -0.25) is 4.79 Å². The van der Waals surface area contributed by atoms with Gasteiger partial charge in [0, 0.05) is 38.8 Å². The molecule has 0 bridgehead atoms. The van der Waals surface area contributed by atoms with Crippen LogP contribution >= 0.6 is 0 Å². The van der Waals surface area contributed by atoms with Gasteiger partial charge < -0.3 is 15.1 Å². The van der Waals surface area contributed by atoms with Gasteiger partial charge in [0.25, 0.3) is 0 Å². The molecule has 1 N–H and O–H groups in total. The molecule has 0 spiro atoms.